The van der Waals surface area contributed by atoms with Crippen molar-refractivity contribution in [3.05, 3.63) is 23.5 Å². The van der Waals surface area contributed by atoms with Crippen molar-refractivity contribution in [3.63, 3.8) is 0 Å². The smallest absolute Gasteiger partial charge is 0.379 e. The zero-order valence-electron chi connectivity index (χ0n) is 18.3. The molecule has 5 rings (SSSR count). The highest BCUT2D eigenvalue weighted by Gasteiger charge is 2.58. The van der Waals surface area contributed by atoms with Crippen molar-refractivity contribution in [1.82, 2.24) is 14.7 Å². The number of hydrogen-bond acceptors (Lipinski definition) is 6. The van der Waals surface area contributed by atoms with Crippen LogP contribution in [0.2, 0.25) is 0 Å². The van der Waals surface area contributed by atoms with Gasteiger partial charge in [-0.2, -0.15) is 5.10 Å². The van der Waals surface area contributed by atoms with Crippen LogP contribution in [-0.4, -0.2) is 71.9 Å². The molecule has 2 N–H and O–H groups in total. The van der Waals surface area contributed by atoms with Crippen LogP contribution in [0.15, 0.2) is 17.1 Å². The molecule has 2 saturated carbocycles. The van der Waals surface area contributed by atoms with Crippen LogP contribution in [0, 0.1) is 11.8 Å². The number of morpholine rings is 1. The van der Waals surface area contributed by atoms with Crippen LogP contribution < -0.4 is 5.73 Å². The SMILES string of the molecule is CC(C)n1nc(C2=CC(OC(F)(F)F)C(N)N=C2)cc1C1C2CC(N3CCOCC3)CC21. The number of nitrogens with zero attached hydrogens (tertiary/aromatic N) is 4. The van der Waals surface area contributed by atoms with Gasteiger partial charge in [0.25, 0.3) is 0 Å². The number of hydrogen-bond donors (Lipinski definition) is 1. The minimum atomic E-state index is -4.78. The number of halogens is 3. The summed E-state index contributed by atoms with van der Waals surface area (Å²) in [5.41, 5.74) is 8.00. The van der Waals surface area contributed by atoms with Crippen LogP contribution >= 0.6 is 0 Å². The van der Waals surface area contributed by atoms with Crippen molar-refractivity contribution in [1.29, 1.82) is 0 Å². The number of ether oxygens (including phenoxy) is 2. The van der Waals surface area contributed by atoms with Gasteiger partial charge in [-0.15, -0.1) is 13.2 Å². The number of nitrogens with two attached hydrogens (primary N) is 1. The summed E-state index contributed by atoms with van der Waals surface area (Å²) in [5, 5.41) is 4.74. The minimum absolute atomic E-state index is 0.153. The zero-order valence-corrected chi connectivity index (χ0v) is 18.3. The molecule has 0 bridgehead atoms. The fraction of sp³-hybridized carbons (Fsp3) is 0.727. The highest BCUT2D eigenvalue weighted by atomic mass is 19.4. The molecule has 0 aromatic carbocycles. The second-order valence-electron chi connectivity index (χ2n) is 9.54. The van der Waals surface area contributed by atoms with E-state index in [2.05, 4.69) is 28.5 Å². The van der Waals surface area contributed by atoms with Gasteiger partial charge in [0.2, 0.25) is 0 Å². The number of allylic oxidation sites excluding steroid dienone is 1. The molecule has 0 spiro atoms. The normalized spacial score (nSPS) is 35.3. The summed E-state index contributed by atoms with van der Waals surface area (Å²) < 4.78 is 49.9. The average Bonchev–Trinajstić information content (AvgIpc) is 3.09. The first kappa shape index (κ1) is 22.1. The standard InChI is InChI=1S/C22H30F3N5O2/c1-12(2)30-18(20-15-8-14(9-16(15)20)29-3-5-31-6-4-29)10-17(28-30)13-7-19(21(26)27-11-13)32-22(23,24)25/h7,10-12,14-16,19-21H,3-6,8-9,26H2,1-2H3. The predicted molar refractivity (Wildman–Crippen MR) is 113 cm³/mol. The van der Waals surface area contributed by atoms with E-state index in [9.17, 15) is 13.2 Å². The first-order valence-corrected chi connectivity index (χ1v) is 11.4. The topological polar surface area (TPSA) is 77.9 Å². The summed E-state index contributed by atoms with van der Waals surface area (Å²) in [4.78, 5) is 6.57. The Bertz CT molecular complexity index is 894. The second kappa shape index (κ2) is 8.23. The maximum Gasteiger partial charge on any atom is 0.523 e. The van der Waals surface area contributed by atoms with E-state index in [1.807, 2.05) is 10.7 Å². The monoisotopic (exact) mass is 453 g/mol. The molecule has 2 aliphatic carbocycles. The fourth-order valence-corrected chi connectivity index (χ4v) is 5.68. The Balaban J connectivity index is 1.33. The zero-order chi connectivity index (χ0) is 22.6. The number of alkyl halides is 3. The summed E-state index contributed by atoms with van der Waals surface area (Å²) >= 11 is 0. The first-order valence-electron chi connectivity index (χ1n) is 11.4. The first-order chi connectivity index (χ1) is 15.2. The van der Waals surface area contributed by atoms with Crippen molar-refractivity contribution in [2.24, 2.45) is 22.6 Å². The van der Waals surface area contributed by atoms with E-state index < -0.39 is 18.6 Å². The van der Waals surface area contributed by atoms with Crippen LogP contribution in [0.5, 0.6) is 0 Å². The molecule has 32 heavy (non-hydrogen) atoms. The van der Waals surface area contributed by atoms with E-state index >= 15 is 0 Å². The molecule has 2 aliphatic heterocycles. The summed E-state index contributed by atoms with van der Waals surface area (Å²) in [5.74, 6) is 1.75. The van der Waals surface area contributed by atoms with Crippen LogP contribution in [-0.2, 0) is 9.47 Å². The van der Waals surface area contributed by atoms with Gasteiger partial charge in [0.1, 0.15) is 12.3 Å². The molecule has 4 unspecified atom stereocenters. The molecule has 4 atom stereocenters. The van der Waals surface area contributed by atoms with Crippen molar-refractivity contribution in [2.45, 2.75) is 63.3 Å². The van der Waals surface area contributed by atoms with Gasteiger partial charge in [0.05, 0.1) is 18.9 Å². The Morgan fingerprint density at radius 2 is 1.88 bits per heavy atom. The summed E-state index contributed by atoms with van der Waals surface area (Å²) in [6, 6.07) is 2.81. The van der Waals surface area contributed by atoms with Gasteiger partial charge in [0, 0.05) is 48.6 Å². The lowest BCUT2D eigenvalue weighted by Crippen LogP contribution is -2.43. The van der Waals surface area contributed by atoms with E-state index in [1.54, 1.807) is 0 Å². The number of fused-ring (bicyclic) bond motifs is 1. The number of aliphatic imine (C=N–C) groups is 1. The number of aromatic nitrogens is 2. The van der Waals surface area contributed by atoms with Crippen molar-refractivity contribution < 1.29 is 22.6 Å². The molecule has 1 saturated heterocycles. The minimum Gasteiger partial charge on any atom is -0.379 e. The molecule has 10 heteroatoms. The van der Waals surface area contributed by atoms with Crippen LogP contribution in [0.1, 0.15) is 50.0 Å². The lowest BCUT2D eigenvalue weighted by Gasteiger charge is -2.33. The Labute approximate surface area is 185 Å². The Kier molecular flexibility index (Phi) is 5.68. The molecule has 7 nitrogen and oxygen atoms in total. The maximum absolute atomic E-state index is 12.7. The summed E-state index contributed by atoms with van der Waals surface area (Å²) in [6.45, 7) is 7.81. The molecule has 176 valence electrons. The third-order valence-electron chi connectivity index (χ3n) is 7.21. The maximum atomic E-state index is 12.7. The van der Waals surface area contributed by atoms with E-state index in [4.69, 9.17) is 15.6 Å². The quantitative estimate of drug-likeness (QED) is 0.742. The van der Waals surface area contributed by atoms with Crippen molar-refractivity contribution in [3.8, 4) is 0 Å². The molecule has 3 fully saturated rings. The summed E-state index contributed by atoms with van der Waals surface area (Å²) in [6.07, 6.45) is -1.97. The largest absolute Gasteiger partial charge is 0.523 e. The fourth-order valence-electron chi connectivity index (χ4n) is 5.68. The van der Waals surface area contributed by atoms with Crippen molar-refractivity contribution >= 4 is 11.8 Å². The van der Waals surface area contributed by atoms with E-state index in [0.717, 1.165) is 26.3 Å². The van der Waals surface area contributed by atoms with Crippen LogP contribution in [0.25, 0.3) is 5.57 Å². The second-order valence-corrected chi connectivity index (χ2v) is 9.54. The molecule has 1 aromatic rings. The highest BCUT2D eigenvalue weighted by Crippen LogP contribution is 2.64. The number of dihydropyridines is 1. The molecular weight excluding hydrogens is 423 g/mol. The molecule has 0 radical (unpaired) electrons. The molecule has 1 aromatic heterocycles. The molecule has 4 aliphatic rings. The summed E-state index contributed by atoms with van der Waals surface area (Å²) in [7, 11) is 0. The van der Waals surface area contributed by atoms with Gasteiger partial charge in [-0.05, 0) is 50.7 Å². The third kappa shape index (κ3) is 4.25. The highest BCUT2D eigenvalue weighted by molar-refractivity contribution is 6.09. The van der Waals surface area contributed by atoms with Gasteiger partial charge < -0.3 is 10.5 Å². The van der Waals surface area contributed by atoms with Gasteiger partial charge in [-0.1, -0.05) is 0 Å². The van der Waals surface area contributed by atoms with Gasteiger partial charge >= 0.3 is 6.36 Å². The lowest BCUT2D eigenvalue weighted by molar-refractivity contribution is -0.338. The lowest BCUT2D eigenvalue weighted by atomic mass is 10.0. The van der Waals surface area contributed by atoms with Gasteiger partial charge in [0.15, 0.2) is 0 Å². The van der Waals surface area contributed by atoms with E-state index in [1.165, 1.54) is 30.8 Å². The Morgan fingerprint density at radius 1 is 1.19 bits per heavy atom. The Morgan fingerprint density at radius 3 is 2.50 bits per heavy atom. The van der Waals surface area contributed by atoms with E-state index in [-0.39, 0.29) is 6.04 Å². The van der Waals surface area contributed by atoms with E-state index in [0.29, 0.717) is 35.1 Å². The third-order valence-corrected chi connectivity index (χ3v) is 7.21. The van der Waals surface area contributed by atoms with Gasteiger partial charge in [-0.3, -0.25) is 19.3 Å². The Hall–Kier alpha value is -1.75. The number of rotatable bonds is 5. The van der Waals surface area contributed by atoms with Crippen LogP contribution in [0.4, 0.5) is 13.2 Å². The van der Waals surface area contributed by atoms with Crippen molar-refractivity contribution in [2.75, 3.05) is 26.3 Å². The van der Waals surface area contributed by atoms with Gasteiger partial charge in [-0.25, -0.2) is 0 Å². The molecular formula is C22H30F3N5O2. The molecule has 3 heterocycles. The predicted octanol–water partition coefficient (Wildman–Crippen LogP) is 2.95. The molecule has 0 amide bonds. The van der Waals surface area contributed by atoms with Crippen LogP contribution in [0.3, 0.4) is 0 Å². The average molecular weight is 454 g/mol.